The lowest BCUT2D eigenvalue weighted by molar-refractivity contribution is 0.627. The second kappa shape index (κ2) is 5.20. The summed E-state index contributed by atoms with van der Waals surface area (Å²) in [6.07, 6.45) is 0.961. The molecular weight excluding hydrogens is 265 g/mol. The first kappa shape index (κ1) is 13.6. The molecule has 0 saturated carbocycles. The van der Waals surface area contributed by atoms with Crippen LogP contribution in [0, 0.1) is 12.7 Å². The Balaban J connectivity index is 2.25. The number of imidazole rings is 1. The smallest absolute Gasteiger partial charge is 0.141 e. The van der Waals surface area contributed by atoms with Crippen LogP contribution in [0.5, 0.6) is 0 Å². The molecule has 3 nitrogen and oxygen atoms in total. The van der Waals surface area contributed by atoms with Crippen LogP contribution in [0.25, 0.3) is 22.4 Å². The lowest BCUT2D eigenvalue weighted by Crippen LogP contribution is -2.00. The van der Waals surface area contributed by atoms with Gasteiger partial charge in [0.1, 0.15) is 11.6 Å². The predicted octanol–water partition coefficient (Wildman–Crippen LogP) is 4.14. The largest absolute Gasteiger partial charge is 0.399 e. The fourth-order valence-corrected chi connectivity index (χ4v) is 2.58. The van der Waals surface area contributed by atoms with Crippen molar-refractivity contribution in [3.05, 3.63) is 47.8 Å². The molecule has 0 aliphatic heterocycles. The van der Waals surface area contributed by atoms with E-state index in [4.69, 9.17) is 5.73 Å². The minimum absolute atomic E-state index is 0.236. The highest BCUT2D eigenvalue weighted by molar-refractivity contribution is 5.81. The summed E-state index contributed by atoms with van der Waals surface area (Å²) in [5.74, 6) is 0.625. The van der Waals surface area contributed by atoms with E-state index in [0.29, 0.717) is 0 Å². The summed E-state index contributed by atoms with van der Waals surface area (Å²) in [5, 5.41) is 0. The molecule has 0 spiro atoms. The lowest BCUT2D eigenvalue weighted by atomic mass is 10.1. The van der Waals surface area contributed by atoms with Gasteiger partial charge in [0.05, 0.1) is 11.0 Å². The van der Waals surface area contributed by atoms with Gasteiger partial charge in [-0.1, -0.05) is 6.92 Å². The Morgan fingerprint density at radius 1 is 1.19 bits per heavy atom. The highest BCUT2D eigenvalue weighted by atomic mass is 19.1. The maximum Gasteiger partial charge on any atom is 0.141 e. The number of aryl methyl sites for hydroxylation is 2. The van der Waals surface area contributed by atoms with Crippen molar-refractivity contribution in [2.45, 2.75) is 26.8 Å². The number of aromatic nitrogens is 2. The van der Waals surface area contributed by atoms with Crippen molar-refractivity contribution in [2.75, 3.05) is 5.73 Å². The zero-order valence-corrected chi connectivity index (χ0v) is 12.2. The summed E-state index contributed by atoms with van der Waals surface area (Å²) in [5.41, 5.74) is 10.3. The van der Waals surface area contributed by atoms with Gasteiger partial charge in [-0.2, -0.15) is 0 Å². The number of nitrogens with two attached hydrogens (primary N) is 1. The van der Waals surface area contributed by atoms with Crippen LogP contribution >= 0.6 is 0 Å². The molecule has 2 aromatic carbocycles. The van der Waals surface area contributed by atoms with Crippen LogP contribution < -0.4 is 5.73 Å². The number of nitrogens with zero attached hydrogens (tertiary/aromatic N) is 2. The molecule has 0 aliphatic rings. The van der Waals surface area contributed by atoms with Crippen molar-refractivity contribution < 1.29 is 4.39 Å². The maximum atomic E-state index is 13.5. The standard InChI is InChI=1S/C17H18FN3/c1-3-8-21-16-10-13(18)5-7-15(16)20-17(21)12-4-6-14(19)11(2)9-12/h4-7,9-10H,3,8,19H2,1-2H3. The third kappa shape index (κ3) is 2.37. The van der Waals surface area contributed by atoms with Gasteiger partial charge in [0, 0.05) is 17.8 Å². The van der Waals surface area contributed by atoms with E-state index in [9.17, 15) is 4.39 Å². The minimum atomic E-state index is -0.236. The molecule has 0 unspecified atom stereocenters. The van der Waals surface area contributed by atoms with E-state index in [1.54, 1.807) is 12.1 Å². The third-order valence-electron chi connectivity index (χ3n) is 3.69. The van der Waals surface area contributed by atoms with Crippen LogP contribution in [0.4, 0.5) is 10.1 Å². The molecule has 0 fully saturated rings. The number of fused-ring (bicyclic) bond motifs is 1. The highest BCUT2D eigenvalue weighted by Gasteiger charge is 2.13. The van der Waals surface area contributed by atoms with Gasteiger partial charge in [-0.3, -0.25) is 0 Å². The van der Waals surface area contributed by atoms with Gasteiger partial charge in [-0.15, -0.1) is 0 Å². The molecule has 2 N–H and O–H groups in total. The first-order valence-corrected chi connectivity index (χ1v) is 7.12. The maximum absolute atomic E-state index is 13.5. The number of rotatable bonds is 3. The van der Waals surface area contributed by atoms with Crippen molar-refractivity contribution in [3.63, 3.8) is 0 Å². The summed E-state index contributed by atoms with van der Waals surface area (Å²) < 4.78 is 15.6. The monoisotopic (exact) mass is 283 g/mol. The number of nitrogen functional groups attached to an aromatic ring is 1. The van der Waals surface area contributed by atoms with Gasteiger partial charge in [0.15, 0.2) is 0 Å². The SMILES string of the molecule is CCCn1c(-c2ccc(N)c(C)c2)nc2ccc(F)cc21. The Morgan fingerprint density at radius 2 is 2.00 bits per heavy atom. The Morgan fingerprint density at radius 3 is 2.71 bits per heavy atom. The Kier molecular flexibility index (Phi) is 3.37. The van der Waals surface area contributed by atoms with Crippen molar-refractivity contribution in [2.24, 2.45) is 0 Å². The van der Waals surface area contributed by atoms with E-state index in [-0.39, 0.29) is 5.82 Å². The molecule has 0 radical (unpaired) electrons. The molecule has 0 amide bonds. The fourth-order valence-electron chi connectivity index (χ4n) is 2.58. The van der Waals surface area contributed by atoms with Crippen molar-refractivity contribution in [1.29, 1.82) is 0 Å². The predicted molar refractivity (Wildman–Crippen MR) is 84.6 cm³/mol. The van der Waals surface area contributed by atoms with Crippen molar-refractivity contribution >= 4 is 16.7 Å². The van der Waals surface area contributed by atoms with Gasteiger partial charge in [0.25, 0.3) is 0 Å². The summed E-state index contributed by atoms with van der Waals surface area (Å²) in [6, 6.07) is 10.6. The molecule has 3 rings (SSSR count). The van der Waals surface area contributed by atoms with E-state index in [1.807, 2.05) is 25.1 Å². The minimum Gasteiger partial charge on any atom is -0.399 e. The molecule has 4 heteroatoms. The lowest BCUT2D eigenvalue weighted by Gasteiger charge is -2.09. The number of halogens is 1. The van der Waals surface area contributed by atoms with Crippen molar-refractivity contribution in [1.82, 2.24) is 9.55 Å². The second-order valence-corrected chi connectivity index (χ2v) is 5.29. The zero-order valence-electron chi connectivity index (χ0n) is 12.2. The summed E-state index contributed by atoms with van der Waals surface area (Å²) in [7, 11) is 0. The van der Waals surface area contributed by atoms with E-state index in [0.717, 1.165) is 46.6 Å². The molecule has 1 heterocycles. The van der Waals surface area contributed by atoms with Gasteiger partial charge in [-0.25, -0.2) is 9.37 Å². The van der Waals surface area contributed by atoms with Crippen LogP contribution in [0.15, 0.2) is 36.4 Å². The summed E-state index contributed by atoms with van der Waals surface area (Å²) in [4.78, 5) is 4.67. The second-order valence-electron chi connectivity index (χ2n) is 5.29. The fraction of sp³-hybridized carbons (Fsp3) is 0.235. The zero-order chi connectivity index (χ0) is 15.0. The van der Waals surface area contributed by atoms with Crippen LogP contribution in [0.3, 0.4) is 0 Å². The number of benzene rings is 2. The molecule has 21 heavy (non-hydrogen) atoms. The van der Waals surface area contributed by atoms with E-state index >= 15 is 0 Å². The average molecular weight is 283 g/mol. The molecule has 0 saturated heterocycles. The van der Waals surface area contributed by atoms with Crippen LogP contribution in [0.1, 0.15) is 18.9 Å². The van der Waals surface area contributed by atoms with E-state index in [1.165, 1.54) is 6.07 Å². The molecule has 0 atom stereocenters. The summed E-state index contributed by atoms with van der Waals surface area (Å²) >= 11 is 0. The molecular formula is C17H18FN3. The average Bonchev–Trinajstić information content (AvgIpc) is 2.81. The third-order valence-corrected chi connectivity index (χ3v) is 3.69. The first-order valence-electron chi connectivity index (χ1n) is 7.12. The van der Waals surface area contributed by atoms with Crippen LogP contribution in [0.2, 0.25) is 0 Å². The Labute approximate surface area is 123 Å². The van der Waals surface area contributed by atoms with Gasteiger partial charge in [-0.05, 0) is 55.3 Å². The number of anilines is 1. The van der Waals surface area contributed by atoms with Crippen LogP contribution in [-0.2, 0) is 6.54 Å². The summed E-state index contributed by atoms with van der Waals surface area (Å²) in [6.45, 7) is 4.88. The quantitative estimate of drug-likeness (QED) is 0.734. The molecule has 108 valence electrons. The topological polar surface area (TPSA) is 43.8 Å². The number of hydrogen-bond donors (Lipinski definition) is 1. The highest BCUT2D eigenvalue weighted by Crippen LogP contribution is 2.27. The normalized spacial score (nSPS) is 11.2. The molecule has 0 aliphatic carbocycles. The first-order chi connectivity index (χ1) is 10.1. The van der Waals surface area contributed by atoms with Gasteiger partial charge >= 0.3 is 0 Å². The number of hydrogen-bond acceptors (Lipinski definition) is 2. The van der Waals surface area contributed by atoms with Gasteiger partial charge < -0.3 is 10.3 Å². The molecule has 1 aromatic heterocycles. The van der Waals surface area contributed by atoms with E-state index in [2.05, 4.69) is 16.5 Å². The molecule has 0 bridgehead atoms. The Hall–Kier alpha value is -2.36. The van der Waals surface area contributed by atoms with Gasteiger partial charge in [0.2, 0.25) is 0 Å². The Bertz CT molecular complexity index is 805. The van der Waals surface area contributed by atoms with Crippen LogP contribution in [-0.4, -0.2) is 9.55 Å². The van der Waals surface area contributed by atoms with Crippen molar-refractivity contribution in [3.8, 4) is 11.4 Å². The molecule has 3 aromatic rings. The van der Waals surface area contributed by atoms with E-state index < -0.39 is 0 Å².